The van der Waals surface area contributed by atoms with E-state index in [1.807, 2.05) is 12.1 Å². The van der Waals surface area contributed by atoms with Gasteiger partial charge in [0.05, 0.1) is 23.4 Å². The smallest absolute Gasteiger partial charge is 0.253 e. The maximum Gasteiger partial charge on any atom is 0.253 e. The summed E-state index contributed by atoms with van der Waals surface area (Å²) in [6.45, 7) is 1.27. The summed E-state index contributed by atoms with van der Waals surface area (Å²) in [5, 5.41) is 26.7. The summed E-state index contributed by atoms with van der Waals surface area (Å²) >= 11 is 0. The lowest BCUT2D eigenvalue weighted by Crippen LogP contribution is -2.34. The van der Waals surface area contributed by atoms with E-state index in [-0.39, 0.29) is 41.4 Å². The van der Waals surface area contributed by atoms with Crippen LogP contribution >= 0.6 is 0 Å². The lowest BCUT2D eigenvalue weighted by molar-refractivity contribution is 0.0858. The van der Waals surface area contributed by atoms with Gasteiger partial charge in [-0.2, -0.15) is 0 Å². The average molecular weight is 406 g/mol. The average Bonchev–Trinajstić information content (AvgIpc) is 3.43. The molecule has 4 N–H and O–H groups in total. The molecule has 0 saturated carbocycles. The predicted molar refractivity (Wildman–Crippen MR) is 114 cm³/mol. The van der Waals surface area contributed by atoms with Gasteiger partial charge in [0.1, 0.15) is 11.5 Å². The monoisotopic (exact) mass is 406 g/mol. The van der Waals surface area contributed by atoms with Gasteiger partial charge in [0, 0.05) is 30.7 Å². The molecule has 6 nitrogen and oxygen atoms in total. The predicted octanol–water partition coefficient (Wildman–Crippen LogP) is 3.83. The summed E-state index contributed by atoms with van der Waals surface area (Å²) in [4.78, 5) is 13.0. The zero-order chi connectivity index (χ0) is 20.7. The third kappa shape index (κ3) is 3.31. The Morgan fingerprint density at radius 1 is 1.20 bits per heavy atom. The molecular formula is C24H26N2O4. The summed E-state index contributed by atoms with van der Waals surface area (Å²) in [6, 6.07) is 10.4. The number of nitrogens with one attached hydrogen (secondary N) is 2. The summed E-state index contributed by atoms with van der Waals surface area (Å²) < 4.78 is 5.62. The third-order valence-electron chi connectivity index (χ3n) is 6.50. The van der Waals surface area contributed by atoms with Gasteiger partial charge in [-0.1, -0.05) is 24.3 Å². The van der Waals surface area contributed by atoms with Crippen LogP contribution in [-0.2, 0) is 4.74 Å². The lowest BCUT2D eigenvalue weighted by atomic mass is 9.76. The molecule has 1 fully saturated rings. The van der Waals surface area contributed by atoms with Crippen LogP contribution in [0.2, 0.25) is 0 Å². The molecule has 3 aliphatic rings. The minimum Gasteiger partial charge on any atom is -0.508 e. The van der Waals surface area contributed by atoms with E-state index in [1.54, 1.807) is 12.1 Å². The number of hydrogen-bond acceptors (Lipinski definition) is 5. The number of phenols is 2. The van der Waals surface area contributed by atoms with Gasteiger partial charge in [0.15, 0.2) is 0 Å². The number of rotatable bonds is 4. The lowest BCUT2D eigenvalue weighted by Gasteiger charge is -2.38. The van der Waals surface area contributed by atoms with E-state index in [9.17, 15) is 15.0 Å². The van der Waals surface area contributed by atoms with E-state index in [1.165, 1.54) is 6.07 Å². The fraction of sp³-hybridized carbons (Fsp3) is 0.375. The number of amides is 1. The van der Waals surface area contributed by atoms with Crippen molar-refractivity contribution in [1.82, 2.24) is 5.32 Å². The summed E-state index contributed by atoms with van der Waals surface area (Å²) in [7, 11) is 0. The highest BCUT2D eigenvalue weighted by Gasteiger charge is 2.40. The van der Waals surface area contributed by atoms with Crippen molar-refractivity contribution in [1.29, 1.82) is 0 Å². The van der Waals surface area contributed by atoms with E-state index in [0.29, 0.717) is 12.1 Å². The van der Waals surface area contributed by atoms with Gasteiger partial charge < -0.3 is 25.6 Å². The fourth-order valence-electron chi connectivity index (χ4n) is 5.02. The molecule has 2 aromatic rings. The molecule has 1 aliphatic carbocycles. The van der Waals surface area contributed by atoms with Crippen molar-refractivity contribution >= 4 is 11.6 Å². The van der Waals surface area contributed by atoms with Crippen LogP contribution in [0.3, 0.4) is 0 Å². The van der Waals surface area contributed by atoms with Crippen LogP contribution < -0.4 is 10.6 Å². The Morgan fingerprint density at radius 2 is 2.10 bits per heavy atom. The van der Waals surface area contributed by atoms with E-state index in [0.717, 1.165) is 42.7 Å². The Kier molecular flexibility index (Phi) is 4.87. The molecule has 6 heteroatoms. The third-order valence-corrected chi connectivity index (χ3v) is 6.50. The first kappa shape index (κ1) is 19.0. The summed E-state index contributed by atoms with van der Waals surface area (Å²) in [5.41, 5.74) is 3.25. The van der Waals surface area contributed by atoms with Crippen LogP contribution in [-0.4, -0.2) is 35.4 Å². The van der Waals surface area contributed by atoms with Gasteiger partial charge in [-0.15, -0.1) is 0 Å². The van der Waals surface area contributed by atoms with Gasteiger partial charge >= 0.3 is 0 Å². The molecule has 0 bridgehead atoms. The van der Waals surface area contributed by atoms with Crippen molar-refractivity contribution in [3.8, 4) is 11.5 Å². The van der Waals surface area contributed by atoms with Gasteiger partial charge in [0.2, 0.25) is 0 Å². The molecule has 1 amide bonds. The van der Waals surface area contributed by atoms with Gasteiger partial charge in [-0.25, -0.2) is 0 Å². The van der Waals surface area contributed by atoms with Crippen LogP contribution in [0.15, 0.2) is 48.6 Å². The quantitative estimate of drug-likeness (QED) is 0.580. The number of carbonyl (C=O) groups is 1. The Hall–Kier alpha value is -2.99. The highest BCUT2D eigenvalue weighted by atomic mass is 16.5. The number of ether oxygens (including phenoxy) is 1. The number of fused-ring (bicyclic) bond motifs is 3. The molecule has 2 heterocycles. The molecular weight excluding hydrogens is 380 g/mol. The number of hydrogen-bond donors (Lipinski definition) is 4. The van der Waals surface area contributed by atoms with Crippen LogP contribution in [0.1, 0.15) is 52.7 Å². The van der Waals surface area contributed by atoms with Crippen molar-refractivity contribution in [2.24, 2.45) is 5.92 Å². The highest BCUT2D eigenvalue weighted by Crippen LogP contribution is 2.52. The van der Waals surface area contributed by atoms with Crippen molar-refractivity contribution in [3.05, 3.63) is 65.2 Å². The molecule has 30 heavy (non-hydrogen) atoms. The minimum absolute atomic E-state index is 0.0303. The Labute approximate surface area is 175 Å². The number of anilines is 1. The topological polar surface area (TPSA) is 90.8 Å². The Balaban J connectivity index is 1.47. The van der Waals surface area contributed by atoms with Crippen molar-refractivity contribution in [3.63, 3.8) is 0 Å². The Morgan fingerprint density at radius 3 is 2.90 bits per heavy atom. The second-order valence-corrected chi connectivity index (χ2v) is 8.33. The van der Waals surface area contributed by atoms with Gasteiger partial charge in [0.25, 0.3) is 5.91 Å². The van der Waals surface area contributed by atoms with E-state index in [2.05, 4.69) is 28.9 Å². The summed E-state index contributed by atoms with van der Waals surface area (Å²) in [5.74, 6) is 0.372. The largest absolute Gasteiger partial charge is 0.508 e. The number of para-hydroxylation sites is 1. The number of phenolic OH excluding ortho intramolecular Hbond substituents is 2. The molecule has 4 atom stereocenters. The fourth-order valence-corrected chi connectivity index (χ4v) is 5.02. The first-order valence-electron chi connectivity index (χ1n) is 10.6. The standard InChI is InChI=1S/C24H26N2O4/c27-14-9-10-19(21(28)12-14)22-17-6-1-5-16(17)18-7-2-8-20(23(18)26-22)24(29)25-13-15-4-3-11-30-15/h1-2,5,7-10,12,15-17,22,26-28H,3-4,6,11,13H2,(H,25,29). The molecule has 0 radical (unpaired) electrons. The number of carbonyl (C=O) groups excluding carboxylic acids is 1. The molecule has 0 spiro atoms. The highest BCUT2D eigenvalue weighted by molar-refractivity contribution is 6.00. The molecule has 1 saturated heterocycles. The molecule has 5 rings (SSSR count). The van der Waals surface area contributed by atoms with Crippen molar-refractivity contribution in [2.75, 3.05) is 18.5 Å². The number of benzene rings is 2. The van der Waals surface area contributed by atoms with E-state index >= 15 is 0 Å². The van der Waals surface area contributed by atoms with Crippen molar-refractivity contribution in [2.45, 2.75) is 37.3 Å². The maximum atomic E-state index is 13.0. The van der Waals surface area contributed by atoms with Gasteiger partial charge in [-0.3, -0.25) is 4.79 Å². The molecule has 0 aromatic heterocycles. The molecule has 156 valence electrons. The zero-order valence-electron chi connectivity index (χ0n) is 16.7. The first-order valence-corrected chi connectivity index (χ1v) is 10.6. The molecule has 2 aromatic carbocycles. The number of aromatic hydroxyl groups is 2. The second-order valence-electron chi connectivity index (χ2n) is 8.33. The number of allylic oxidation sites excluding steroid dienone is 2. The van der Waals surface area contributed by atoms with E-state index < -0.39 is 0 Å². The molecule has 4 unspecified atom stereocenters. The van der Waals surface area contributed by atoms with Gasteiger partial charge in [-0.05, 0) is 48.9 Å². The normalized spacial score (nSPS) is 26.7. The summed E-state index contributed by atoms with van der Waals surface area (Å²) in [6.07, 6.45) is 7.35. The van der Waals surface area contributed by atoms with Crippen molar-refractivity contribution < 1.29 is 19.7 Å². The zero-order valence-corrected chi connectivity index (χ0v) is 16.7. The molecule has 2 aliphatic heterocycles. The SMILES string of the molecule is O=C(NCC1CCCO1)c1cccc2c1NC(c1ccc(O)cc1O)C1CC=CC21. The Bertz CT molecular complexity index is 997. The van der Waals surface area contributed by atoms with E-state index in [4.69, 9.17) is 4.74 Å². The maximum absolute atomic E-state index is 13.0. The second kappa shape index (κ2) is 7.69. The van der Waals surface area contributed by atoms with Crippen LogP contribution in [0.4, 0.5) is 5.69 Å². The van der Waals surface area contributed by atoms with Crippen LogP contribution in [0.25, 0.3) is 0 Å². The van der Waals surface area contributed by atoms with Crippen LogP contribution in [0, 0.1) is 5.92 Å². The first-order chi connectivity index (χ1) is 14.6. The van der Waals surface area contributed by atoms with Crippen LogP contribution in [0.5, 0.6) is 11.5 Å². The minimum atomic E-state index is -0.162.